The molecule has 1 atom stereocenters. The van der Waals surface area contributed by atoms with Crippen molar-refractivity contribution >= 4 is 11.6 Å². The molecule has 1 amide bonds. The first-order chi connectivity index (χ1) is 9.19. The highest BCUT2D eigenvalue weighted by molar-refractivity contribution is 5.92. The van der Waals surface area contributed by atoms with Crippen molar-refractivity contribution in [3.8, 4) is 5.75 Å². The molecule has 0 bridgehead atoms. The number of benzene rings is 1. The molecule has 2 N–H and O–H groups in total. The number of methoxy groups -OCH3 is 1. The molecule has 1 aromatic carbocycles. The number of anilines is 1. The molecular weight excluding hydrogens is 247 g/mol. The number of piperidine rings is 1. The van der Waals surface area contributed by atoms with E-state index in [-0.39, 0.29) is 5.91 Å². The highest BCUT2D eigenvalue weighted by atomic mass is 19.1. The summed E-state index contributed by atoms with van der Waals surface area (Å²) in [6, 6.07) is 4.09. The third kappa shape index (κ3) is 3.92. The lowest BCUT2D eigenvalue weighted by Gasteiger charge is -2.22. The van der Waals surface area contributed by atoms with Crippen LogP contribution in [0.15, 0.2) is 18.2 Å². The van der Waals surface area contributed by atoms with Crippen LogP contribution in [0.4, 0.5) is 10.1 Å². The van der Waals surface area contributed by atoms with Gasteiger partial charge in [0.15, 0.2) is 0 Å². The first-order valence-corrected chi connectivity index (χ1v) is 6.53. The molecule has 0 spiro atoms. The van der Waals surface area contributed by atoms with Crippen molar-refractivity contribution in [2.24, 2.45) is 5.92 Å². The Bertz CT molecular complexity index is 445. The zero-order valence-electron chi connectivity index (χ0n) is 11.0. The number of carbonyl (C=O) groups is 1. The fourth-order valence-corrected chi connectivity index (χ4v) is 2.34. The van der Waals surface area contributed by atoms with Crippen LogP contribution in [0.25, 0.3) is 0 Å². The van der Waals surface area contributed by atoms with Gasteiger partial charge in [0, 0.05) is 12.5 Å². The van der Waals surface area contributed by atoms with Crippen molar-refractivity contribution in [3.05, 3.63) is 24.0 Å². The van der Waals surface area contributed by atoms with E-state index in [1.165, 1.54) is 25.3 Å². The lowest BCUT2D eigenvalue weighted by atomic mass is 9.96. The fraction of sp³-hybridized carbons (Fsp3) is 0.500. The molecule has 1 heterocycles. The molecule has 0 saturated carbocycles. The zero-order valence-corrected chi connectivity index (χ0v) is 11.0. The second-order valence-corrected chi connectivity index (χ2v) is 4.81. The third-order valence-electron chi connectivity index (χ3n) is 3.31. The second-order valence-electron chi connectivity index (χ2n) is 4.81. The minimum Gasteiger partial charge on any atom is -0.495 e. The molecule has 1 unspecified atom stereocenters. The summed E-state index contributed by atoms with van der Waals surface area (Å²) in [5, 5.41) is 5.99. The van der Waals surface area contributed by atoms with Crippen molar-refractivity contribution in [2.45, 2.75) is 19.3 Å². The van der Waals surface area contributed by atoms with Crippen LogP contribution in [0, 0.1) is 11.7 Å². The fourth-order valence-electron chi connectivity index (χ4n) is 2.34. The van der Waals surface area contributed by atoms with Gasteiger partial charge in [-0.05, 0) is 44.0 Å². The van der Waals surface area contributed by atoms with E-state index in [1.807, 2.05) is 0 Å². The summed E-state index contributed by atoms with van der Waals surface area (Å²) >= 11 is 0. The summed E-state index contributed by atoms with van der Waals surface area (Å²) in [7, 11) is 1.49. The van der Waals surface area contributed by atoms with Gasteiger partial charge in [0.1, 0.15) is 11.6 Å². The average molecular weight is 266 g/mol. The Kier molecular flexibility index (Phi) is 4.74. The van der Waals surface area contributed by atoms with Crippen LogP contribution in [0.3, 0.4) is 0 Å². The number of rotatable bonds is 4. The molecule has 1 aromatic rings. The SMILES string of the molecule is COc1ccc(F)cc1NC(=O)CC1CCCNC1. The van der Waals surface area contributed by atoms with Crippen molar-refractivity contribution in [1.29, 1.82) is 0 Å². The highest BCUT2D eigenvalue weighted by Crippen LogP contribution is 2.25. The van der Waals surface area contributed by atoms with E-state index in [0.29, 0.717) is 23.8 Å². The van der Waals surface area contributed by atoms with Crippen LogP contribution in [-0.4, -0.2) is 26.1 Å². The molecule has 5 heteroatoms. The van der Waals surface area contributed by atoms with Gasteiger partial charge in [-0.2, -0.15) is 0 Å². The van der Waals surface area contributed by atoms with Gasteiger partial charge in [-0.1, -0.05) is 0 Å². The molecule has 0 aromatic heterocycles. The van der Waals surface area contributed by atoms with Gasteiger partial charge in [0.25, 0.3) is 0 Å². The molecule has 0 radical (unpaired) electrons. The maximum Gasteiger partial charge on any atom is 0.224 e. The summed E-state index contributed by atoms with van der Waals surface area (Å²) in [6.07, 6.45) is 2.61. The van der Waals surface area contributed by atoms with Crippen molar-refractivity contribution in [3.63, 3.8) is 0 Å². The van der Waals surface area contributed by atoms with E-state index in [9.17, 15) is 9.18 Å². The predicted octanol–water partition coefficient (Wildman–Crippen LogP) is 2.16. The minimum atomic E-state index is -0.393. The topological polar surface area (TPSA) is 50.4 Å². The number of hydrogen-bond acceptors (Lipinski definition) is 3. The van der Waals surface area contributed by atoms with E-state index in [0.717, 1.165) is 25.9 Å². The largest absolute Gasteiger partial charge is 0.495 e. The summed E-state index contributed by atoms with van der Waals surface area (Å²) < 4.78 is 18.3. The first kappa shape index (κ1) is 13.8. The molecule has 4 nitrogen and oxygen atoms in total. The summed E-state index contributed by atoms with van der Waals surface area (Å²) in [5.74, 6) is 0.331. The lowest BCUT2D eigenvalue weighted by molar-refractivity contribution is -0.117. The molecule has 1 aliphatic heterocycles. The summed E-state index contributed by atoms with van der Waals surface area (Å²) in [5.41, 5.74) is 0.385. The zero-order chi connectivity index (χ0) is 13.7. The van der Waals surface area contributed by atoms with Crippen LogP contribution in [0.5, 0.6) is 5.75 Å². The Morgan fingerprint density at radius 1 is 1.58 bits per heavy atom. The van der Waals surface area contributed by atoms with Gasteiger partial charge in [-0.15, -0.1) is 0 Å². The molecule has 2 rings (SSSR count). The number of carbonyl (C=O) groups excluding carboxylic acids is 1. The molecule has 104 valence electrons. The van der Waals surface area contributed by atoms with E-state index in [1.54, 1.807) is 0 Å². The lowest BCUT2D eigenvalue weighted by Crippen LogP contribution is -2.32. The molecule has 19 heavy (non-hydrogen) atoms. The van der Waals surface area contributed by atoms with E-state index < -0.39 is 5.82 Å². The Hall–Kier alpha value is -1.62. The highest BCUT2D eigenvalue weighted by Gasteiger charge is 2.17. The summed E-state index contributed by atoms with van der Waals surface area (Å²) in [4.78, 5) is 11.9. The quantitative estimate of drug-likeness (QED) is 0.878. The standard InChI is InChI=1S/C14H19FN2O2/c1-19-13-5-4-11(15)8-12(13)17-14(18)7-10-3-2-6-16-9-10/h4-5,8,10,16H,2-3,6-7,9H2,1H3,(H,17,18). The molecule has 0 aliphatic carbocycles. The maximum atomic E-state index is 13.2. The minimum absolute atomic E-state index is 0.0994. The summed E-state index contributed by atoms with van der Waals surface area (Å²) in [6.45, 7) is 1.89. The van der Waals surface area contributed by atoms with Gasteiger partial charge in [-0.3, -0.25) is 4.79 Å². The van der Waals surface area contributed by atoms with Gasteiger partial charge >= 0.3 is 0 Å². The van der Waals surface area contributed by atoms with E-state index in [4.69, 9.17) is 4.74 Å². The number of hydrogen-bond donors (Lipinski definition) is 2. The monoisotopic (exact) mass is 266 g/mol. The van der Waals surface area contributed by atoms with Crippen LogP contribution in [0.2, 0.25) is 0 Å². The van der Waals surface area contributed by atoms with Crippen LogP contribution < -0.4 is 15.4 Å². The van der Waals surface area contributed by atoms with Crippen LogP contribution in [0.1, 0.15) is 19.3 Å². The maximum absolute atomic E-state index is 13.2. The smallest absolute Gasteiger partial charge is 0.224 e. The van der Waals surface area contributed by atoms with Gasteiger partial charge in [-0.25, -0.2) is 4.39 Å². The molecular formula is C14H19FN2O2. The molecule has 1 saturated heterocycles. The predicted molar refractivity (Wildman–Crippen MR) is 71.8 cm³/mol. The number of halogens is 1. The number of amides is 1. The van der Waals surface area contributed by atoms with E-state index in [2.05, 4.69) is 10.6 Å². The normalized spacial score (nSPS) is 18.9. The van der Waals surface area contributed by atoms with Gasteiger partial charge < -0.3 is 15.4 Å². The van der Waals surface area contributed by atoms with Crippen molar-refractivity contribution in [1.82, 2.24) is 5.32 Å². The molecule has 1 aliphatic rings. The Morgan fingerprint density at radius 2 is 2.42 bits per heavy atom. The Balaban J connectivity index is 1.95. The van der Waals surface area contributed by atoms with Gasteiger partial charge in [0.05, 0.1) is 12.8 Å². The van der Waals surface area contributed by atoms with Gasteiger partial charge in [0.2, 0.25) is 5.91 Å². The molecule has 1 fully saturated rings. The van der Waals surface area contributed by atoms with Crippen molar-refractivity contribution < 1.29 is 13.9 Å². The average Bonchev–Trinajstić information content (AvgIpc) is 2.40. The van der Waals surface area contributed by atoms with Crippen LogP contribution in [-0.2, 0) is 4.79 Å². The Labute approximate surface area is 112 Å². The van der Waals surface area contributed by atoms with Crippen molar-refractivity contribution in [2.75, 3.05) is 25.5 Å². The van der Waals surface area contributed by atoms with E-state index >= 15 is 0 Å². The first-order valence-electron chi connectivity index (χ1n) is 6.53. The Morgan fingerprint density at radius 3 is 3.11 bits per heavy atom. The van der Waals surface area contributed by atoms with Crippen LogP contribution >= 0.6 is 0 Å². The second kappa shape index (κ2) is 6.52. The number of ether oxygens (including phenoxy) is 1. The number of nitrogens with one attached hydrogen (secondary N) is 2. The third-order valence-corrected chi connectivity index (χ3v) is 3.31.